The third kappa shape index (κ3) is 2.58. The Bertz CT molecular complexity index is 381. The van der Waals surface area contributed by atoms with Crippen molar-refractivity contribution in [2.75, 3.05) is 33.9 Å². The van der Waals surface area contributed by atoms with Crippen molar-refractivity contribution in [1.82, 2.24) is 10.2 Å². The molecule has 2 atom stereocenters. The average Bonchev–Trinajstić information content (AvgIpc) is 2.78. The second-order valence-electron chi connectivity index (χ2n) is 4.86. The quantitative estimate of drug-likeness (QED) is 0.831. The number of nitrogens with zero attached hydrogens (tertiary/aromatic N) is 1. The van der Waals surface area contributed by atoms with Gasteiger partial charge in [-0.05, 0) is 31.1 Å². The number of nitrogens with one attached hydrogen (secondary N) is 1. The summed E-state index contributed by atoms with van der Waals surface area (Å²) in [6, 6.07) is 9.77. The Kier molecular flexibility index (Phi) is 4.75. The molecule has 18 heavy (non-hydrogen) atoms. The van der Waals surface area contributed by atoms with E-state index in [1.54, 1.807) is 7.11 Å². The lowest BCUT2D eigenvalue weighted by Gasteiger charge is -2.32. The molecule has 0 saturated heterocycles. The molecular weight excluding hydrogens is 224 g/mol. The molecule has 1 N–H and O–H groups in total. The Hall–Kier alpha value is -0.900. The maximum absolute atomic E-state index is 5.22. The van der Waals surface area contributed by atoms with E-state index in [4.69, 9.17) is 4.74 Å². The van der Waals surface area contributed by atoms with E-state index in [1.165, 1.54) is 11.1 Å². The maximum atomic E-state index is 5.22. The fraction of sp³-hybridized carbons (Fsp3) is 0.600. The Balaban J connectivity index is 2.15. The highest BCUT2D eigenvalue weighted by Gasteiger charge is 2.34. The first-order chi connectivity index (χ1) is 8.81. The lowest BCUT2D eigenvalue weighted by Crippen LogP contribution is -2.43. The van der Waals surface area contributed by atoms with E-state index in [9.17, 15) is 0 Å². The Morgan fingerprint density at radius 2 is 2.17 bits per heavy atom. The van der Waals surface area contributed by atoms with E-state index in [0.29, 0.717) is 12.1 Å². The summed E-state index contributed by atoms with van der Waals surface area (Å²) < 4.78 is 5.22. The topological polar surface area (TPSA) is 24.5 Å². The first-order valence-corrected chi connectivity index (χ1v) is 6.79. The summed E-state index contributed by atoms with van der Waals surface area (Å²) in [7, 11) is 3.83. The van der Waals surface area contributed by atoms with Crippen molar-refractivity contribution in [1.29, 1.82) is 0 Å². The predicted molar refractivity (Wildman–Crippen MR) is 74.9 cm³/mol. The molecule has 0 fully saturated rings. The number of hydrogen-bond donors (Lipinski definition) is 1. The number of rotatable bonds is 6. The van der Waals surface area contributed by atoms with Gasteiger partial charge in [0.05, 0.1) is 6.61 Å². The minimum Gasteiger partial charge on any atom is -0.383 e. The smallest absolute Gasteiger partial charge is 0.0589 e. The summed E-state index contributed by atoms with van der Waals surface area (Å²) in [6.45, 7) is 5.10. The molecule has 0 aliphatic heterocycles. The van der Waals surface area contributed by atoms with Crippen LogP contribution in [0.3, 0.4) is 0 Å². The SMILES string of the molecule is CCN(CCOC)C1Cc2ccccc2C1NC. The predicted octanol–water partition coefficient (Wildman–Crippen LogP) is 1.84. The van der Waals surface area contributed by atoms with E-state index in [0.717, 1.165) is 26.1 Å². The van der Waals surface area contributed by atoms with Gasteiger partial charge >= 0.3 is 0 Å². The number of hydrogen-bond acceptors (Lipinski definition) is 3. The first kappa shape index (κ1) is 13.5. The lowest BCUT2D eigenvalue weighted by molar-refractivity contribution is 0.112. The molecule has 3 heteroatoms. The molecule has 1 aromatic carbocycles. The van der Waals surface area contributed by atoms with Crippen molar-refractivity contribution >= 4 is 0 Å². The van der Waals surface area contributed by atoms with Crippen molar-refractivity contribution < 1.29 is 4.74 Å². The third-order valence-electron chi connectivity index (χ3n) is 3.97. The molecule has 2 rings (SSSR count). The van der Waals surface area contributed by atoms with E-state index >= 15 is 0 Å². The zero-order chi connectivity index (χ0) is 13.0. The van der Waals surface area contributed by atoms with Gasteiger partial charge in [-0.1, -0.05) is 31.2 Å². The largest absolute Gasteiger partial charge is 0.383 e. The Morgan fingerprint density at radius 1 is 1.39 bits per heavy atom. The minimum absolute atomic E-state index is 0.443. The van der Waals surface area contributed by atoms with Crippen molar-refractivity contribution in [2.24, 2.45) is 0 Å². The van der Waals surface area contributed by atoms with E-state index in [1.807, 2.05) is 0 Å². The second-order valence-corrected chi connectivity index (χ2v) is 4.86. The van der Waals surface area contributed by atoms with Crippen LogP contribution in [0.2, 0.25) is 0 Å². The summed E-state index contributed by atoms with van der Waals surface area (Å²) in [5, 5.41) is 3.48. The molecule has 3 nitrogen and oxygen atoms in total. The van der Waals surface area contributed by atoms with Gasteiger partial charge in [0.15, 0.2) is 0 Å². The standard InChI is InChI=1S/C15H24N2O/c1-4-17(9-10-18-3)14-11-12-7-5-6-8-13(12)15(14)16-2/h5-8,14-16H,4,9-11H2,1-3H3. The summed E-state index contributed by atoms with van der Waals surface area (Å²) >= 11 is 0. The number of methoxy groups -OCH3 is 1. The second kappa shape index (κ2) is 6.32. The highest BCUT2D eigenvalue weighted by Crippen LogP contribution is 2.33. The summed E-state index contributed by atoms with van der Waals surface area (Å²) in [6.07, 6.45) is 1.14. The van der Waals surface area contributed by atoms with Gasteiger partial charge in [0.2, 0.25) is 0 Å². The monoisotopic (exact) mass is 248 g/mol. The molecule has 1 aromatic rings. The number of fused-ring (bicyclic) bond motifs is 1. The highest BCUT2D eigenvalue weighted by molar-refractivity contribution is 5.37. The van der Waals surface area contributed by atoms with Gasteiger partial charge in [0.25, 0.3) is 0 Å². The van der Waals surface area contributed by atoms with Crippen LogP contribution >= 0.6 is 0 Å². The molecule has 0 saturated carbocycles. The molecule has 0 heterocycles. The van der Waals surface area contributed by atoms with Gasteiger partial charge in [0.1, 0.15) is 0 Å². The Morgan fingerprint density at radius 3 is 2.83 bits per heavy atom. The fourth-order valence-electron chi connectivity index (χ4n) is 3.03. The van der Waals surface area contributed by atoms with Crippen molar-refractivity contribution in [3.05, 3.63) is 35.4 Å². The minimum atomic E-state index is 0.443. The van der Waals surface area contributed by atoms with Gasteiger partial charge in [-0.3, -0.25) is 4.90 Å². The van der Waals surface area contributed by atoms with Gasteiger partial charge in [0, 0.05) is 25.7 Å². The van der Waals surface area contributed by atoms with Crippen LogP contribution in [-0.2, 0) is 11.2 Å². The zero-order valence-electron chi connectivity index (χ0n) is 11.6. The van der Waals surface area contributed by atoms with E-state index in [-0.39, 0.29) is 0 Å². The van der Waals surface area contributed by atoms with Gasteiger partial charge in [-0.15, -0.1) is 0 Å². The maximum Gasteiger partial charge on any atom is 0.0589 e. The van der Waals surface area contributed by atoms with Gasteiger partial charge < -0.3 is 10.1 Å². The number of benzene rings is 1. The van der Waals surface area contributed by atoms with Crippen LogP contribution < -0.4 is 5.32 Å². The van der Waals surface area contributed by atoms with E-state index in [2.05, 4.69) is 48.5 Å². The van der Waals surface area contributed by atoms with Crippen LogP contribution in [0.4, 0.5) is 0 Å². The molecule has 0 bridgehead atoms. The zero-order valence-corrected chi connectivity index (χ0v) is 11.6. The molecule has 100 valence electrons. The van der Waals surface area contributed by atoms with Crippen LogP contribution in [0.1, 0.15) is 24.1 Å². The average molecular weight is 248 g/mol. The fourth-order valence-corrected chi connectivity index (χ4v) is 3.03. The highest BCUT2D eigenvalue weighted by atomic mass is 16.5. The molecule has 1 aliphatic carbocycles. The lowest BCUT2D eigenvalue weighted by atomic mass is 10.1. The van der Waals surface area contributed by atoms with Gasteiger partial charge in [-0.2, -0.15) is 0 Å². The molecule has 0 amide bonds. The molecule has 0 radical (unpaired) electrons. The molecular formula is C15H24N2O. The van der Waals surface area contributed by atoms with Crippen LogP contribution in [0, 0.1) is 0 Å². The normalized spacial score (nSPS) is 22.4. The Labute approximate surface area is 110 Å². The summed E-state index contributed by atoms with van der Waals surface area (Å²) in [5.41, 5.74) is 2.94. The summed E-state index contributed by atoms with van der Waals surface area (Å²) in [4.78, 5) is 2.52. The third-order valence-corrected chi connectivity index (χ3v) is 3.97. The number of ether oxygens (including phenoxy) is 1. The molecule has 0 spiro atoms. The van der Waals surface area contributed by atoms with E-state index < -0.39 is 0 Å². The van der Waals surface area contributed by atoms with Crippen molar-refractivity contribution in [2.45, 2.75) is 25.4 Å². The number of likely N-dealkylation sites (N-methyl/N-ethyl adjacent to an activating group) is 2. The van der Waals surface area contributed by atoms with Crippen LogP contribution in [0.5, 0.6) is 0 Å². The van der Waals surface area contributed by atoms with Crippen molar-refractivity contribution in [3.63, 3.8) is 0 Å². The van der Waals surface area contributed by atoms with Gasteiger partial charge in [-0.25, -0.2) is 0 Å². The first-order valence-electron chi connectivity index (χ1n) is 6.79. The molecule has 2 unspecified atom stereocenters. The van der Waals surface area contributed by atoms with Crippen LogP contribution in [-0.4, -0.2) is 44.8 Å². The van der Waals surface area contributed by atoms with Crippen LogP contribution in [0.25, 0.3) is 0 Å². The summed E-state index contributed by atoms with van der Waals surface area (Å²) in [5.74, 6) is 0. The molecule has 1 aliphatic rings. The van der Waals surface area contributed by atoms with Crippen LogP contribution in [0.15, 0.2) is 24.3 Å². The van der Waals surface area contributed by atoms with Crippen molar-refractivity contribution in [3.8, 4) is 0 Å². The molecule has 0 aromatic heterocycles.